The molecule has 4 fully saturated rings. The van der Waals surface area contributed by atoms with Gasteiger partial charge in [-0.1, -0.05) is 49.3 Å². The molecular formula is C38H46N6O7S2. The lowest BCUT2D eigenvalue weighted by atomic mass is 9.96. The molecule has 3 N–H and O–H groups in total. The van der Waals surface area contributed by atoms with Gasteiger partial charge >= 0.3 is 6.09 Å². The van der Waals surface area contributed by atoms with Gasteiger partial charge in [0.15, 0.2) is 5.13 Å². The Morgan fingerprint density at radius 1 is 1.11 bits per heavy atom. The first-order chi connectivity index (χ1) is 25.5. The fraction of sp³-hybridized carbons (Fsp3) is 0.553. The van der Waals surface area contributed by atoms with E-state index in [1.165, 1.54) is 22.3 Å². The molecule has 0 unspecified atom stereocenters. The van der Waals surface area contributed by atoms with Crippen LogP contribution in [0.3, 0.4) is 0 Å². The Labute approximate surface area is 313 Å². The molecule has 1 aromatic carbocycles. The molecule has 3 aliphatic heterocycles. The molecule has 8 rings (SSSR count). The first kappa shape index (κ1) is 35.8. The second kappa shape index (κ2) is 14.2. The second-order valence-electron chi connectivity index (χ2n) is 15.4. The van der Waals surface area contributed by atoms with Gasteiger partial charge in [-0.2, -0.15) is 0 Å². The summed E-state index contributed by atoms with van der Waals surface area (Å²) in [5, 5.41) is 8.32. The van der Waals surface area contributed by atoms with Gasteiger partial charge in [-0.15, -0.1) is 17.9 Å². The van der Waals surface area contributed by atoms with Crippen molar-refractivity contribution >= 4 is 56.4 Å². The van der Waals surface area contributed by atoms with Gasteiger partial charge in [-0.05, 0) is 74.0 Å². The van der Waals surface area contributed by atoms with Crippen LogP contribution in [-0.4, -0.2) is 82.5 Å². The van der Waals surface area contributed by atoms with Gasteiger partial charge in [-0.3, -0.25) is 24.0 Å². The lowest BCUT2D eigenvalue weighted by Crippen LogP contribution is -2.58. The van der Waals surface area contributed by atoms with E-state index in [4.69, 9.17) is 9.72 Å². The van der Waals surface area contributed by atoms with Gasteiger partial charge in [-0.25, -0.2) is 18.2 Å². The Bertz CT molecular complexity index is 1950. The van der Waals surface area contributed by atoms with Crippen molar-refractivity contribution in [3.8, 4) is 0 Å². The number of amides is 4. The number of aromatic nitrogens is 1. The van der Waals surface area contributed by atoms with Crippen LogP contribution in [0.25, 0.3) is 6.08 Å². The Kier molecular flexibility index (Phi) is 9.58. The maximum Gasteiger partial charge on any atom is 0.410 e. The predicted molar refractivity (Wildman–Crippen MR) is 199 cm³/mol. The number of nitrogens with zero attached hydrogens (tertiary/aromatic N) is 3. The number of allylic oxidation sites excluding steroid dienone is 1. The minimum absolute atomic E-state index is 0.00834. The third-order valence-electron chi connectivity index (χ3n) is 11.7. The number of hydrogen-bond donors (Lipinski definition) is 3. The maximum atomic E-state index is 14.7. The lowest BCUT2D eigenvalue weighted by Gasteiger charge is -2.32. The Balaban J connectivity index is 1.09. The molecule has 53 heavy (non-hydrogen) atoms. The van der Waals surface area contributed by atoms with E-state index in [0.29, 0.717) is 31.1 Å². The molecule has 15 heteroatoms. The van der Waals surface area contributed by atoms with Crippen LogP contribution in [0.15, 0.2) is 42.3 Å². The fourth-order valence-corrected chi connectivity index (χ4v) is 10.6. The molecule has 1 saturated heterocycles. The van der Waals surface area contributed by atoms with E-state index < -0.39 is 62.8 Å². The number of sulfonamides is 1. The molecule has 13 nitrogen and oxygen atoms in total. The van der Waals surface area contributed by atoms with Gasteiger partial charge in [0.05, 0.1) is 24.0 Å². The quantitative estimate of drug-likeness (QED) is 0.350. The van der Waals surface area contributed by atoms with E-state index in [-0.39, 0.29) is 31.2 Å². The molecule has 6 bridgehead atoms. The fourth-order valence-electron chi connectivity index (χ4n) is 8.43. The molecule has 6 aliphatic rings. The summed E-state index contributed by atoms with van der Waals surface area (Å²) >= 11 is 1.45. The van der Waals surface area contributed by atoms with E-state index in [1.807, 2.05) is 23.6 Å². The topological polar surface area (TPSA) is 167 Å². The molecule has 0 radical (unpaired) electrons. The summed E-state index contributed by atoms with van der Waals surface area (Å²) in [4.78, 5) is 64.2. The van der Waals surface area contributed by atoms with E-state index in [1.54, 1.807) is 4.90 Å². The number of carbonyl (C=O) groups is 4. The van der Waals surface area contributed by atoms with Crippen molar-refractivity contribution in [2.45, 2.75) is 113 Å². The summed E-state index contributed by atoms with van der Waals surface area (Å²) in [5.41, 5.74) is 2.61. The average Bonchev–Trinajstić information content (AvgIpc) is 3.77. The van der Waals surface area contributed by atoms with Crippen LogP contribution in [0.5, 0.6) is 0 Å². The number of thiazole rings is 1. The molecule has 282 valence electrons. The number of nitrogens with one attached hydrogen (secondary N) is 3. The molecule has 5 atom stereocenters. The van der Waals surface area contributed by atoms with Crippen LogP contribution >= 0.6 is 11.3 Å². The molecule has 3 saturated carbocycles. The number of ether oxygens (including phenoxy) is 1. The van der Waals surface area contributed by atoms with Crippen LogP contribution in [0.1, 0.15) is 86.6 Å². The van der Waals surface area contributed by atoms with Crippen molar-refractivity contribution < 1.29 is 32.3 Å². The van der Waals surface area contributed by atoms with Crippen molar-refractivity contribution in [3.63, 3.8) is 0 Å². The zero-order chi connectivity index (χ0) is 36.9. The third-order valence-corrected chi connectivity index (χ3v) is 14.4. The standard InChI is InChI=1S/C38H46N6O7S2/c1-2-26-18-38(26,35(47)42-53(49,50)29-15-16-29)41-33(45)31-17-28-20-44(31)34(46)32(24-10-6-7-11-24)40-36-39-27(22-52-36)14-5-3-4-9-23-12-8-13-25-19-43(21-30(23)25)37(48)51-28/h2,4,8-9,12-13,22,24,26,28-29,31-32H,1,3,5-7,10-11,14-21H2,(H,39,40)(H,41,45)(H,42,47)/b9-4+/t26-,28-,31+,32+,38-/m1/s1. The van der Waals surface area contributed by atoms with Crippen LogP contribution in [-0.2, 0) is 48.7 Å². The van der Waals surface area contributed by atoms with Crippen molar-refractivity contribution in [2.75, 3.05) is 11.9 Å². The maximum absolute atomic E-state index is 14.7. The van der Waals surface area contributed by atoms with Gasteiger partial charge in [0.25, 0.3) is 5.91 Å². The largest absolute Gasteiger partial charge is 0.444 e. The monoisotopic (exact) mass is 762 g/mol. The second-order valence-corrected chi connectivity index (χ2v) is 18.2. The van der Waals surface area contributed by atoms with Crippen LogP contribution in [0.4, 0.5) is 9.93 Å². The number of aryl methyl sites for hydroxylation is 1. The Hall–Kier alpha value is -4.24. The molecule has 2 aromatic rings. The van der Waals surface area contributed by atoms with Crippen LogP contribution in [0.2, 0.25) is 0 Å². The highest BCUT2D eigenvalue weighted by atomic mass is 32.2. The first-order valence-electron chi connectivity index (χ1n) is 18.8. The van der Waals surface area contributed by atoms with E-state index >= 15 is 0 Å². The summed E-state index contributed by atoms with van der Waals surface area (Å²) < 4.78 is 33.7. The zero-order valence-corrected chi connectivity index (χ0v) is 31.3. The summed E-state index contributed by atoms with van der Waals surface area (Å²) in [5.74, 6) is -2.18. The lowest BCUT2D eigenvalue weighted by molar-refractivity contribution is -0.141. The van der Waals surface area contributed by atoms with Crippen LogP contribution in [0, 0.1) is 11.8 Å². The van der Waals surface area contributed by atoms with Gasteiger partial charge in [0, 0.05) is 24.3 Å². The minimum atomic E-state index is -3.87. The highest BCUT2D eigenvalue weighted by Gasteiger charge is 2.62. The summed E-state index contributed by atoms with van der Waals surface area (Å²) in [7, 11) is -3.87. The highest BCUT2D eigenvalue weighted by Crippen LogP contribution is 2.46. The zero-order valence-electron chi connectivity index (χ0n) is 29.6. The Morgan fingerprint density at radius 3 is 2.68 bits per heavy atom. The van der Waals surface area contributed by atoms with Crippen molar-refractivity contribution in [3.05, 3.63) is 64.7 Å². The van der Waals surface area contributed by atoms with Gasteiger partial charge in [0.2, 0.25) is 21.8 Å². The van der Waals surface area contributed by atoms with Crippen molar-refractivity contribution in [1.29, 1.82) is 0 Å². The minimum Gasteiger partial charge on any atom is -0.444 e. The Morgan fingerprint density at radius 2 is 1.92 bits per heavy atom. The SMILES string of the molecule is C=C[C@@H]1C[C@]1(NC(=O)[C@@H]1C[C@@H]2CN1C(=O)[C@H](C1CCCC1)Nc1nc(cs1)CCC/C=C/c1cccc3c1CN(C3)C(=O)O2)C(=O)NS(=O)(=O)C1CC1. The van der Waals surface area contributed by atoms with Crippen LogP contribution < -0.4 is 15.4 Å². The van der Waals surface area contributed by atoms with Crippen molar-refractivity contribution in [2.24, 2.45) is 11.8 Å². The van der Waals surface area contributed by atoms with E-state index in [9.17, 15) is 27.6 Å². The number of fused-ring (bicyclic) bond motifs is 5. The highest BCUT2D eigenvalue weighted by molar-refractivity contribution is 7.91. The third kappa shape index (κ3) is 7.21. The number of hydrogen-bond acceptors (Lipinski definition) is 10. The van der Waals surface area contributed by atoms with E-state index in [0.717, 1.165) is 67.3 Å². The number of anilines is 1. The first-order valence-corrected chi connectivity index (χ1v) is 21.2. The molecular weight excluding hydrogens is 717 g/mol. The average molecular weight is 763 g/mol. The molecule has 1 aromatic heterocycles. The molecule has 0 spiro atoms. The normalized spacial score (nSPS) is 29.6. The van der Waals surface area contributed by atoms with Crippen molar-refractivity contribution in [1.82, 2.24) is 24.8 Å². The molecule has 4 heterocycles. The van der Waals surface area contributed by atoms with Gasteiger partial charge in [0.1, 0.15) is 23.7 Å². The van der Waals surface area contributed by atoms with Gasteiger partial charge < -0.3 is 20.3 Å². The summed E-state index contributed by atoms with van der Waals surface area (Å²) in [6.07, 6.45) is 11.9. The predicted octanol–water partition coefficient (Wildman–Crippen LogP) is 4.25. The van der Waals surface area contributed by atoms with E-state index in [2.05, 4.69) is 34.1 Å². The molecule has 4 amide bonds. The number of carbonyl (C=O) groups excluding carboxylic acids is 4. The smallest absolute Gasteiger partial charge is 0.410 e. The number of rotatable bonds is 7. The number of benzene rings is 1. The summed E-state index contributed by atoms with van der Waals surface area (Å²) in [6.45, 7) is 4.56. The molecule has 3 aliphatic carbocycles. The summed E-state index contributed by atoms with van der Waals surface area (Å²) in [6, 6.07) is 4.31.